The van der Waals surface area contributed by atoms with Crippen molar-refractivity contribution in [2.45, 2.75) is 17.7 Å². The first kappa shape index (κ1) is 24.6. The number of carbonyl (C=O) groups is 1. The molecule has 0 amide bonds. The Morgan fingerprint density at radius 2 is 1.71 bits per heavy atom. The van der Waals surface area contributed by atoms with Crippen molar-refractivity contribution in [3.63, 3.8) is 0 Å². The Labute approximate surface area is 201 Å². The first-order valence-corrected chi connectivity index (χ1v) is 13.5. The lowest BCUT2D eigenvalue weighted by molar-refractivity contribution is 0.0571. The number of aryl methyl sites for hydroxylation is 1. The molecule has 3 aromatic rings. The normalized spacial score (nSPS) is 13.7. The van der Waals surface area contributed by atoms with Gasteiger partial charge in [0.05, 0.1) is 16.9 Å². The maximum absolute atomic E-state index is 14.0. The Bertz CT molecular complexity index is 1480. The minimum absolute atomic E-state index is 0.0177. The van der Waals surface area contributed by atoms with Crippen molar-refractivity contribution >= 4 is 37.4 Å². The minimum Gasteiger partial charge on any atom is -0.444 e. The molecule has 0 atom stereocenters. The molecule has 184 valence electrons. The van der Waals surface area contributed by atoms with Gasteiger partial charge in [-0.1, -0.05) is 24.3 Å². The molecule has 12 heteroatoms. The van der Waals surface area contributed by atoms with E-state index in [9.17, 15) is 30.4 Å². The molecule has 8 nitrogen and oxygen atoms in total. The van der Waals surface area contributed by atoms with E-state index in [0.717, 1.165) is 16.4 Å². The van der Waals surface area contributed by atoms with Gasteiger partial charge in [-0.3, -0.25) is 9.03 Å². The van der Waals surface area contributed by atoms with Crippen LogP contribution in [-0.2, 0) is 31.2 Å². The molecular formula is C23H20F2N2O6S2. The minimum atomic E-state index is -4.42. The predicted octanol–water partition coefficient (Wildman–Crippen LogP) is 3.66. The molecule has 0 bridgehead atoms. The summed E-state index contributed by atoms with van der Waals surface area (Å²) in [6.45, 7) is 0.0982. The molecule has 3 aromatic carbocycles. The lowest BCUT2D eigenvalue weighted by atomic mass is 10.0. The van der Waals surface area contributed by atoms with Crippen LogP contribution in [0.3, 0.4) is 0 Å². The molecule has 0 aliphatic carbocycles. The quantitative estimate of drug-likeness (QED) is 0.475. The van der Waals surface area contributed by atoms with Crippen molar-refractivity contribution in [3.05, 3.63) is 89.5 Å². The Morgan fingerprint density at radius 3 is 2.43 bits per heavy atom. The van der Waals surface area contributed by atoms with Crippen molar-refractivity contribution < 1.29 is 35.1 Å². The van der Waals surface area contributed by atoms with Crippen LogP contribution in [0.1, 0.15) is 22.3 Å². The zero-order chi connectivity index (χ0) is 25.2. The van der Waals surface area contributed by atoms with E-state index in [2.05, 4.69) is 4.72 Å². The monoisotopic (exact) mass is 522 g/mol. The molecule has 0 saturated carbocycles. The van der Waals surface area contributed by atoms with Crippen LogP contribution < -0.4 is 9.03 Å². The van der Waals surface area contributed by atoms with Gasteiger partial charge >= 0.3 is 5.97 Å². The number of ether oxygens (including phenoxy) is 1. The Balaban J connectivity index is 1.57. The van der Waals surface area contributed by atoms with Gasteiger partial charge in [-0.2, -0.15) is 0 Å². The predicted molar refractivity (Wildman–Crippen MR) is 125 cm³/mol. The fourth-order valence-electron chi connectivity index (χ4n) is 3.65. The van der Waals surface area contributed by atoms with Crippen molar-refractivity contribution in [1.82, 2.24) is 0 Å². The zero-order valence-corrected chi connectivity index (χ0v) is 19.8. The number of anilines is 2. The highest BCUT2D eigenvalue weighted by Gasteiger charge is 2.30. The molecule has 1 aliphatic heterocycles. The number of fused-ring (bicyclic) bond motifs is 1. The molecule has 1 heterocycles. The second kappa shape index (κ2) is 9.62. The number of carbonyl (C=O) groups excluding carboxylic acids is 1. The van der Waals surface area contributed by atoms with Crippen molar-refractivity contribution in [3.8, 4) is 0 Å². The van der Waals surface area contributed by atoms with Crippen molar-refractivity contribution in [2.24, 2.45) is 0 Å². The summed E-state index contributed by atoms with van der Waals surface area (Å²) in [7, 11) is -8.53. The van der Waals surface area contributed by atoms with Gasteiger partial charge in [0, 0.05) is 12.6 Å². The summed E-state index contributed by atoms with van der Waals surface area (Å²) in [5, 5.41) is 0. The summed E-state index contributed by atoms with van der Waals surface area (Å²) < 4.78 is 86.7. The van der Waals surface area contributed by atoms with Gasteiger partial charge in [0.1, 0.15) is 16.5 Å². The van der Waals surface area contributed by atoms with Crippen LogP contribution in [0.25, 0.3) is 0 Å². The molecule has 1 aliphatic rings. The van der Waals surface area contributed by atoms with Gasteiger partial charge in [0.15, 0.2) is 0 Å². The van der Waals surface area contributed by atoms with Gasteiger partial charge in [-0.15, -0.1) is 0 Å². The van der Waals surface area contributed by atoms with E-state index in [1.807, 2.05) is 0 Å². The van der Waals surface area contributed by atoms with Gasteiger partial charge in [0.25, 0.3) is 20.0 Å². The molecule has 0 unspecified atom stereocenters. The second-order valence-corrected chi connectivity index (χ2v) is 11.2. The fourth-order valence-corrected chi connectivity index (χ4v) is 6.02. The van der Waals surface area contributed by atoms with Crippen LogP contribution in [0.15, 0.2) is 71.6 Å². The number of benzene rings is 3. The second-order valence-electron chi connectivity index (χ2n) is 7.73. The number of rotatable bonds is 7. The standard InChI is InChI=1S/C23H20F2N2O6S2/c24-18-9-11-22(20(25)13-18)35(31,32)26-19-10-8-16-7-4-12-27(21(16)14-19)34(29,30)15-33-23(28)17-5-2-1-3-6-17/h1-3,5-6,8-11,13-14,26H,4,7,12,15H2. The maximum Gasteiger partial charge on any atom is 0.339 e. The van der Waals surface area contributed by atoms with Crippen LogP contribution in [-0.4, -0.2) is 35.3 Å². The van der Waals surface area contributed by atoms with Crippen molar-refractivity contribution in [1.29, 1.82) is 0 Å². The van der Waals surface area contributed by atoms with Gasteiger partial charge in [0.2, 0.25) is 5.94 Å². The summed E-state index contributed by atoms with van der Waals surface area (Å²) >= 11 is 0. The molecule has 0 aromatic heterocycles. The van der Waals surface area contributed by atoms with E-state index in [0.29, 0.717) is 24.5 Å². The van der Waals surface area contributed by atoms with Crippen LogP contribution >= 0.6 is 0 Å². The third-order valence-electron chi connectivity index (χ3n) is 5.28. The van der Waals surface area contributed by atoms with Crippen LogP contribution in [0, 0.1) is 11.6 Å². The number of nitrogens with one attached hydrogen (secondary N) is 1. The van der Waals surface area contributed by atoms with E-state index < -0.39 is 48.5 Å². The summed E-state index contributed by atoms with van der Waals surface area (Å²) in [5.74, 6) is -3.89. The Hall–Kier alpha value is -3.51. The number of nitrogens with zero attached hydrogens (tertiary/aromatic N) is 1. The number of hydrogen-bond donors (Lipinski definition) is 1. The first-order chi connectivity index (χ1) is 16.6. The molecule has 0 saturated heterocycles. The molecule has 1 N–H and O–H groups in total. The fraction of sp³-hybridized carbons (Fsp3) is 0.174. The van der Waals surface area contributed by atoms with Crippen LogP contribution in [0.5, 0.6) is 0 Å². The van der Waals surface area contributed by atoms with E-state index in [-0.39, 0.29) is 23.5 Å². The topological polar surface area (TPSA) is 110 Å². The molecule has 35 heavy (non-hydrogen) atoms. The molecule has 4 rings (SSSR count). The first-order valence-electron chi connectivity index (χ1n) is 10.4. The van der Waals surface area contributed by atoms with E-state index in [1.54, 1.807) is 24.3 Å². The zero-order valence-electron chi connectivity index (χ0n) is 18.1. The number of hydrogen-bond acceptors (Lipinski definition) is 6. The lowest BCUT2D eigenvalue weighted by Gasteiger charge is -2.30. The molecule has 0 spiro atoms. The third kappa shape index (κ3) is 5.43. The largest absolute Gasteiger partial charge is 0.444 e. The Kier molecular flexibility index (Phi) is 6.77. The number of esters is 1. The highest BCUT2D eigenvalue weighted by Crippen LogP contribution is 2.33. The highest BCUT2D eigenvalue weighted by molar-refractivity contribution is 7.93. The Morgan fingerprint density at radius 1 is 0.971 bits per heavy atom. The van der Waals surface area contributed by atoms with Crippen LogP contribution in [0.4, 0.5) is 20.2 Å². The summed E-state index contributed by atoms with van der Waals surface area (Å²) in [5.41, 5.74) is 1.04. The molecule has 0 radical (unpaired) electrons. The highest BCUT2D eigenvalue weighted by atomic mass is 32.2. The van der Waals surface area contributed by atoms with Gasteiger partial charge in [-0.05, 0) is 54.8 Å². The number of sulfonamides is 2. The molecule has 0 fully saturated rings. The van der Waals surface area contributed by atoms with Crippen molar-refractivity contribution in [2.75, 3.05) is 21.5 Å². The average Bonchev–Trinajstić information content (AvgIpc) is 2.82. The van der Waals surface area contributed by atoms with E-state index >= 15 is 0 Å². The van der Waals surface area contributed by atoms with E-state index in [1.165, 1.54) is 24.3 Å². The average molecular weight is 523 g/mol. The van der Waals surface area contributed by atoms with E-state index in [4.69, 9.17) is 4.74 Å². The van der Waals surface area contributed by atoms with Gasteiger partial charge < -0.3 is 4.74 Å². The maximum atomic E-state index is 14.0. The SMILES string of the molecule is O=C(OCS(=O)(=O)N1CCCc2ccc(NS(=O)(=O)c3ccc(F)cc3F)cc21)c1ccccc1. The molecular weight excluding hydrogens is 502 g/mol. The van der Waals surface area contributed by atoms with Gasteiger partial charge in [-0.25, -0.2) is 30.4 Å². The summed E-state index contributed by atoms with van der Waals surface area (Å²) in [4.78, 5) is 11.4. The smallest absolute Gasteiger partial charge is 0.339 e. The summed E-state index contributed by atoms with van der Waals surface area (Å²) in [6, 6.07) is 14.3. The van der Waals surface area contributed by atoms with Crippen LogP contribution in [0.2, 0.25) is 0 Å². The number of halogens is 2. The lowest BCUT2D eigenvalue weighted by Crippen LogP contribution is -2.38. The third-order valence-corrected chi connectivity index (χ3v) is 8.16. The summed E-state index contributed by atoms with van der Waals surface area (Å²) in [6.07, 6.45) is 1.05.